The number of hydrogen-bond acceptors (Lipinski definition) is 3. The average molecular weight is 257 g/mol. The number of nitrogens with zero attached hydrogens (tertiary/aromatic N) is 1. The zero-order chi connectivity index (χ0) is 13.0. The Morgan fingerprint density at radius 1 is 1.53 bits per heavy atom. The summed E-state index contributed by atoms with van der Waals surface area (Å²) in [7, 11) is 0. The highest BCUT2D eigenvalue weighted by Gasteiger charge is 2.25. The van der Waals surface area contributed by atoms with Crippen LogP contribution in [0.2, 0.25) is 0 Å². The summed E-state index contributed by atoms with van der Waals surface area (Å²) in [6, 6.07) is 0.589. The Labute approximate surface area is 109 Å². The molecule has 5 heteroatoms. The largest absolute Gasteiger partial charge is 0.393 e. The summed E-state index contributed by atoms with van der Waals surface area (Å²) in [6.07, 6.45) is 1.15. The van der Waals surface area contributed by atoms with Crippen LogP contribution in [0.25, 0.3) is 0 Å². The van der Waals surface area contributed by atoms with E-state index < -0.39 is 0 Å². The lowest BCUT2D eigenvalue weighted by Gasteiger charge is -2.20. The van der Waals surface area contributed by atoms with Crippen molar-refractivity contribution in [1.82, 2.24) is 10.2 Å². The molecule has 1 fully saturated rings. The molecule has 0 bridgehead atoms. The van der Waals surface area contributed by atoms with Crippen molar-refractivity contribution in [3.8, 4) is 0 Å². The SMILES string of the molecule is CC(C(=O)NCC1CCN(C(C)C)C1)C(N)=S. The van der Waals surface area contributed by atoms with Crippen LogP contribution >= 0.6 is 12.2 Å². The van der Waals surface area contributed by atoms with Gasteiger partial charge < -0.3 is 16.0 Å². The molecule has 17 heavy (non-hydrogen) atoms. The summed E-state index contributed by atoms with van der Waals surface area (Å²) in [5.74, 6) is 0.132. The summed E-state index contributed by atoms with van der Waals surface area (Å²) in [5, 5.41) is 2.93. The first-order valence-electron chi connectivity index (χ1n) is 6.23. The molecule has 0 aromatic rings. The third kappa shape index (κ3) is 4.24. The molecular formula is C12H23N3OS. The Bertz CT molecular complexity index is 293. The maximum absolute atomic E-state index is 11.7. The number of amides is 1. The molecule has 1 amide bonds. The van der Waals surface area contributed by atoms with Gasteiger partial charge in [0.15, 0.2) is 0 Å². The summed E-state index contributed by atoms with van der Waals surface area (Å²) in [4.78, 5) is 14.4. The molecule has 98 valence electrons. The number of likely N-dealkylation sites (tertiary alicyclic amines) is 1. The van der Waals surface area contributed by atoms with Crippen LogP contribution < -0.4 is 11.1 Å². The number of hydrogen-bond donors (Lipinski definition) is 2. The molecule has 3 N–H and O–H groups in total. The first-order chi connectivity index (χ1) is 7.91. The Balaban J connectivity index is 2.28. The van der Waals surface area contributed by atoms with Crippen LogP contribution in [0.3, 0.4) is 0 Å². The number of carbonyl (C=O) groups is 1. The lowest BCUT2D eigenvalue weighted by atomic mass is 10.1. The fourth-order valence-electron chi connectivity index (χ4n) is 2.03. The van der Waals surface area contributed by atoms with Crippen molar-refractivity contribution in [1.29, 1.82) is 0 Å². The fourth-order valence-corrected chi connectivity index (χ4v) is 2.13. The van der Waals surface area contributed by atoms with Crippen molar-refractivity contribution >= 4 is 23.1 Å². The van der Waals surface area contributed by atoms with Gasteiger partial charge in [-0.1, -0.05) is 12.2 Å². The molecule has 0 spiro atoms. The maximum Gasteiger partial charge on any atom is 0.229 e. The third-order valence-corrected chi connectivity index (χ3v) is 3.79. The highest BCUT2D eigenvalue weighted by atomic mass is 32.1. The van der Waals surface area contributed by atoms with E-state index in [9.17, 15) is 4.79 Å². The molecular weight excluding hydrogens is 234 g/mol. The normalized spacial score (nSPS) is 22.7. The Hall–Kier alpha value is -0.680. The highest BCUT2D eigenvalue weighted by Crippen LogP contribution is 2.17. The maximum atomic E-state index is 11.7. The van der Waals surface area contributed by atoms with Crippen LogP contribution in [-0.4, -0.2) is 41.5 Å². The van der Waals surface area contributed by atoms with E-state index in [-0.39, 0.29) is 16.8 Å². The molecule has 1 aliphatic rings. The van der Waals surface area contributed by atoms with E-state index >= 15 is 0 Å². The molecule has 4 nitrogen and oxygen atoms in total. The van der Waals surface area contributed by atoms with Crippen molar-refractivity contribution in [2.45, 2.75) is 33.2 Å². The summed E-state index contributed by atoms with van der Waals surface area (Å²) < 4.78 is 0. The Kier molecular flexibility index (Phi) is 5.33. The van der Waals surface area contributed by atoms with Gasteiger partial charge in [0.1, 0.15) is 0 Å². The first kappa shape index (κ1) is 14.4. The van der Waals surface area contributed by atoms with Crippen molar-refractivity contribution in [3.63, 3.8) is 0 Å². The molecule has 0 radical (unpaired) electrons. The zero-order valence-corrected chi connectivity index (χ0v) is 11.7. The second-order valence-electron chi connectivity index (χ2n) is 5.11. The van der Waals surface area contributed by atoms with Gasteiger partial charge in [0.2, 0.25) is 5.91 Å². The number of nitrogens with one attached hydrogen (secondary N) is 1. The van der Waals surface area contributed by atoms with Crippen molar-refractivity contribution in [2.24, 2.45) is 17.6 Å². The van der Waals surface area contributed by atoms with Crippen LogP contribution in [0.5, 0.6) is 0 Å². The van der Waals surface area contributed by atoms with Gasteiger partial charge in [0, 0.05) is 19.1 Å². The summed E-state index contributed by atoms with van der Waals surface area (Å²) in [6.45, 7) is 9.08. The van der Waals surface area contributed by atoms with Gasteiger partial charge in [0.25, 0.3) is 0 Å². The number of carbonyl (C=O) groups excluding carboxylic acids is 1. The zero-order valence-electron chi connectivity index (χ0n) is 10.9. The van der Waals surface area contributed by atoms with Crippen LogP contribution in [-0.2, 0) is 4.79 Å². The quantitative estimate of drug-likeness (QED) is 0.714. The van der Waals surface area contributed by atoms with Crippen LogP contribution in [0, 0.1) is 11.8 Å². The molecule has 1 aliphatic heterocycles. The molecule has 0 aromatic carbocycles. The van der Waals surface area contributed by atoms with E-state index in [1.807, 2.05) is 0 Å². The fraction of sp³-hybridized carbons (Fsp3) is 0.833. The van der Waals surface area contributed by atoms with E-state index in [1.54, 1.807) is 6.92 Å². The summed E-state index contributed by atoms with van der Waals surface area (Å²) >= 11 is 4.81. The van der Waals surface area contributed by atoms with Crippen molar-refractivity contribution in [3.05, 3.63) is 0 Å². The van der Waals surface area contributed by atoms with Gasteiger partial charge in [0.05, 0.1) is 10.9 Å². The topological polar surface area (TPSA) is 58.4 Å². The van der Waals surface area contributed by atoms with Crippen LogP contribution in [0.1, 0.15) is 27.2 Å². The van der Waals surface area contributed by atoms with E-state index in [2.05, 4.69) is 24.1 Å². The van der Waals surface area contributed by atoms with Crippen molar-refractivity contribution < 1.29 is 4.79 Å². The third-order valence-electron chi connectivity index (χ3n) is 3.43. The summed E-state index contributed by atoms with van der Waals surface area (Å²) in [5.41, 5.74) is 5.44. The highest BCUT2D eigenvalue weighted by molar-refractivity contribution is 7.80. The standard InChI is InChI=1S/C12H23N3OS/c1-8(2)15-5-4-10(7-15)6-14-12(16)9(3)11(13)17/h8-10H,4-7H2,1-3H3,(H2,13,17)(H,14,16). The average Bonchev–Trinajstić information content (AvgIpc) is 2.73. The second kappa shape index (κ2) is 6.31. The van der Waals surface area contributed by atoms with Gasteiger partial charge in [-0.25, -0.2) is 0 Å². The van der Waals surface area contributed by atoms with Gasteiger partial charge in [-0.15, -0.1) is 0 Å². The molecule has 0 saturated carbocycles. The van der Waals surface area contributed by atoms with Gasteiger partial charge in [-0.3, -0.25) is 4.79 Å². The second-order valence-corrected chi connectivity index (χ2v) is 5.58. The molecule has 0 aliphatic carbocycles. The Morgan fingerprint density at radius 3 is 2.65 bits per heavy atom. The minimum atomic E-state index is -0.368. The molecule has 2 atom stereocenters. The molecule has 1 rings (SSSR count). The lowest BCUT2D eigenvalue weighted by Crippen LogP contribution is -2.39. The van der Waals surface area contributed by atoms with Crippen molar-refractivity contribution in [2.75, 3.05) is 19.6 Å². The smallest absolute Gasteiger partial charge is 0.229 e. The van der Waals surface area contributed by atoms with E-state index in [4.69, 9.17) is 18.0 Å². The molecule has 1 saturated heterocycles. The first-order valence-corrected chi connectivity index (χ1v) is 6.63. The lowest BCUT2D eigenvalue weighted by molar-refractivity contribution is -0.122. The Morgan fingerprint density at radius 2 is 2.18 bits per heavy atom. The number of thiocarbonyl (C=S) groups is 1. The predicted molar refractivity (Wildman–Crippen MR) is 73.8 cm³/mol. The van der Waals surface area contributed by atoms with E-state index in [0.717, 1.165) is 26.1 Å². The number of rotatable bonds is 5. The molecule has 1 heterocycles. The van der Waals surface area contributed by atoms with E-state index in [0.29, 0.717) is 12.0 Å². The van der Waals surface area contributed by atoms with Crippen LogP contribution in [0.4, 0.5) is 0 Å². The monoisotopic (exact) mass is 257 g/mol. The molecule has 0 aromatic heterocycles. The minimum absolute atomic E-state index is 0.0551. The van der Waals surface area contributed by atoms with Gasteiger partial charge in [-0.05, 0) is 39.7 Å². The van der Waals surface area contributed by atoms with Crippen LogP contribution in [0.15, 0.2) is 0 Å². The molecule has 2 unspecified atom stereocenters. The minimum Gasteiger partial charge on any atom is -0.393 e. The number of nitrogens with two attached hydrogens (primary N) is 1. The van der Waals surface area contributed by atoms with Gasteiger partial charge in [-0.2, -0.15) is 0 Å². The van der Waals surface area contributed by atoms with E-state index in [1.165, 1.54) is 0 Å². The predicted octanol–water partition coefficient (Wildman–Crippen LogP) is 0.755. The van der Waals surface area contributed by atoms with Gasteiger partial charge >= 0.3 is 0 Å².